The van der Waals surface area contributed by atoms with Gasteiger partial charge in [0.15, 0.2) is 0 Å². The molecule has 0 aliphatic heterocycles. The molecule has 0 saturated heterocycles. The van der Waals surface area contributed by atoms with Crippen molar-refractivity contribution in [2.45, 2.75) is 59.3 Å². The zero-order valence-electron chi connectivity index (χ0n) is 14.3. The predicted molar refractivity (Wildman–Crippen MR) is 90.4 cm³/mol. The first-order valence-electron chi connectivity index (χ1n) is 8.14. The molecule has 3 N–H and O–H groups in total. The number of hydrogen-bond acceptors (Lipinski definition) is 6. The highest BCUT2D eigenvalue weighted by molar-refractivity contribution is 5.92. The van der Waals surface area contributed by atoms with Crippen LogP contribution in [-0.2, 0) is 14.4 Å². The Labute approximate surface area is 141 Å². The van der Waals surface area contributed by atoms with Crippen molar-refractivity contribution in [2.75, 3.05) is 16.0 Å². The van der Waals surface area contributed by atoms with Gasteiger partial charge in [0.05, 0.1) is 0 Å². The van der Waals surface area contributed by atoms with E-state index in [0.29, 0.717) is 38.5 Å². The highest BCUT2D eigenvalue weighted by Crippen LogP contribution is 2.11. The first kappa shape index (κ1) is 19.5. The molecule has 3 amide bonds. The van der Waals surface area contributed by atoms with Crippen LogP contribution in [0.5, 0.6) is 0 Å². The minimum atomic E-state index is -0.250. The van der Waals surface area contributed by atoms with Crippen molar-refractivity contribution in [3.63, 3.8) is 0 Å². The molecule has 0 aromatic carbocycles. The second-order valence-corrected chi connectivity index (χ2v) is 5.20. The first-order valence-corrected chi connectivity index (χ1v) is 8.14. The van der Waals surface area contributed by atoms with Crippen molar-refractivity contribution in [1.29, 1.82) is 0 Å². The van der Waals surface area contributed by atoms with Gasteiger partial charge in [0.25, 0.3) is 0 Å². The maximum Gasteiger partial charge on any atom is 0.236 e. The number of nitrogens with zero attached hydrogens (tertiary/aromatic N) is 3. The Morgan fingerprint density at radius 2 is 0.875 bits per heavy atom. The lowest BCUT2D eigenvalue weighted by Crippen LogP contribution is -2.20. The second-order valence-electron chi connectivity index (χ2n) is 5.20. The summed E-state index contributed by atoms with van der Waals surface area (Å²) in [4.78, 5) is 47.1. The Kier molecular flexibility index (Phi) is 8.31. The number of anilines is 3. The third kappa shape index (κ3) is 7.12. The van der Waals surface area contributed by atoms with Crippen LogP contribution in [-0.4, -0.2) is 32.7 Å². The van der Waals surface area contributed by atoms with Crippen molar-refractivity contribution in [3.8, 4) is 0 Å². The Morgan fingerprint density at radius 1 is 0.625 bits per heavy atom. The molecular formula is C15H24N6O3. The van der Waals surface area contributed by atoms with Crippen LogP contribution in [0.4, 0.5) is 17.8 Å². The Morgan fingerprint density at radius 3 is 1.08 bits per heavy atom. The van der Waals surface area contributed by atoms with E-state index < -0.39 is 0 Å². The molecule has 0 fully saturated rings. The largest absolute Gasteiger partial charge is 0.294 e. The van der Waals surface area contributed by atoms with Gasteiger partial charge in [0.1, 0.15) is 0 Å². The predicted octanol–water partition coefficient (Wildman–Crippen LogP) is 2.09. The van der Waals surface area contributed by atoms with Crippen molar-refractivity contribution in [2.24, 2.45) is 0 Å². The van der Waals surface area contributed by atoms with Gasteiger partial charge >= 0.3 is 0 Å². The van der Waals surface area contributed by atoms with Crippen molar-refractivity contribution in [1.82, 2.24) is 15.0 Å². The van der Waals surface area contributed by atoms with Crippen LogP contribution < -0.4 is 16.0 Å². The summed E-state index contributed by atoms with van der Waals surface area (Å²) in [5, 5.41) is 7.59. The van der Waals surface area contributed by atoms with Crippen LogP contribution in [0.3, 0.4) is 0 Å². The SMILES string of the molecule is CCCC(=O)Nc1nc(NC(=O)CCC)nc(NC(=O)CCC)n1. The molecule has 0 bridgehead atoms. The molecule has 9 heteroatoms. The molecule has 0 aliphatic rings. The summed E-state index contributed by atoms with van der Waals surface area (Å²) in [7, 11) is 0. The lowest BCUT2D eigenvalue weighted by Gasteiger charge is -2.09. The average Bonchev–Trinajstić information content (AvgIpc) is 2.47. The van der Waals surface area contributed by atoms with Gasteiger partial charge in [-0.1, -0.05) is 20.8 Å². The van der Waals surface area contributed by atoms with Crippen LogP contribution in [0, 0.1) is 0 Å². The molecule has 132 valence electrons. The topological polar surface area (TPSA) is 126 Å². The molecule has 24 heavy (non-hydrogen) atoms. The van der Waals surface area contributed by atoms with Gasteiger partial charge < -0.3 is 0 Å². The van der Waals surface area contributed by atoms with Crippen LogP contribution >= 0.6 is 0 Å². The van der Waals surface area contributed by atoms with E-state index in [1.165, 1.54) is 0 Å². The van der Waals surface area contributed by atoms with Crippen LogP contribution in [0.25, 0.3) is 0 Å². The number of carbonyl (C=O) groups excluding carboxylic acids is 3. The van der Waals surface area contributed by atoms with Crippen LogP contribution in [0.15, 0.2) is 0 Å². The normalized spacial score (nSPS) is 10.1. The minimum absolute atomic E-state index is 0.0120. The summed E-state index contributed by atoms with van der Waals surface area (Å²) in [6.07, 6.45) is 2.99. The van der Waals surface area contributed by atoms with Gasteiger partial charge in [-0.25, -0.2) is 0 Å². The van der Waals surface area contributed by atoms with Crippen LogP contribution in [0.2, 0.25) is 0 Å². The Bertz CT molecular complexity index is 497. The number of rotatable bonds is 9. The Hall–Kier alpha value is -2.58. The lowest BCUT2D eigenvalue weighted by molar-refractivity contribution is -0.117. The van der Waals surface area contributed by atoms with Gasteiger partial charge in [-0.3, -0.25) is 30.3 Å². The summed E-state index contributed by atoms with van der Waals surface area (Å²) in [5.74, 6) is -0.785. The molecule has 1 aromatic heterocycles. The summed E-state index contributed by atoms with van der Waals surface area (Å²) >= 11 is 0. The fourth-order valence-electron chi connectivity index (χ4n) is 1.79. The third-order valence-corrected chi connectivity index (χ3v) is 2.82. The van der Waals surface area contributed by atoms with E-state index in [2.05, 4.69) is 30.9 Å². The standard InChI is InChI=1S/C15H24N6O3/c1-4-7-10(22)16-13-19-14(17-11(23)8-5-2)21-15(20-13)18-12(24)9-6-3/h4-9H2,1-3H3,(H3,16,17,18,19,20,21,22,23,24). The molecule has 0 unspecified atom stereocenters. The van der Waals surface area contributed by atoms with Gasteiger partial charge in [-0.2, -0.15) is 15.0 Å². The molecule has 0 aliphatic carbocycles. The van der Waals surface area contributed by atoms with E-state index in [4.69, 9.17) is 0 Å². The Balaban J connectivity index is 2.97. The number of aromatic nitrogens is 3. The first-order chi connectivity index (χ1) is 11.5. The number of hydrogen-bond donors (Lipinski definition) is 3. The van der Waals surface area contributed by atoms with E-state index in [9.17, 15) is 14.4 Å². The van der Waals surface area contributed by atoms with Gasteiger partial charge in [0.2, 0.25) is 35.6 Å². The van der Waals surface area contributed by atoms with Gasteiger partial charge in [0, 0.05) is 19.3 Å². The molecule has 1 rings (SSSR count). The molecular weight excluding hydrogens is 312 g/mol. The summed E-state index contributed by atoms with van der Waals surface area (Å²) < 4.78 is 0. The number of nitrogens with one attached hydrogen (secondary N) is 3. The smallest absolute Gasteiger partial charge is 0.236 e. The van der Waals surface area contributed by atoms with E-state index >= 15 is 0 Å². The average molecular weight is 336 g/mol. The highest BCUT2D eigenvalue weighted by atomic mass is 16.2. The summed E-state index contributed by atoms with van der Waals surface area (Å²) in [6.45, 7) is 5.62. The quantitative estimate of drug-likeness (QED) is 0.634. The second kappa shape index (κ2) is 10.2. The monoisotopic (exact) mass is 336 g/mol. The minimum Gasteiger partial charge on any atom is -0.294 e. The maximum absolute atomic E-state index is 11.7. The molecule has 0 atom stereocenters. The molecule has 0 saturated carbocycles. The maximum atomic E-state index is 11.7. The summed E-state index contributed by atoms with van der Waals surface area (Å²) in [6, 6.07) is 0. The number of amides is 3. The fourth-order valence-corrected chi connectivity index (χ4v) is 1.79. The third-order valence-electron chi connectivity index (χ3n) is 2.82. The van der Waals surface area contributed by atoms with E-state index in [1.54, 1.807) is 0 Å². The van der Waals surface area contributed by atoms with E-state index in [1.807, 2.05) is 20.8 Å². The lowest BCUT2D eigenvalue weighted by atomic mass is 10.3. The highest BCUT2D eigenvalue weighted by Gasteiger charge is 2.13. The summed E-state index contributed by atoms with van der Waals surface area (Å²) in [5.41, 5.74) is 0. The molecule has 9 nitrogen and oxygen atoms in total. The fraction of sp³-hybridized carbons (Fsp3) is 0.600. The zero-order chi connectivity index (χ0) is 17.9. The van der Waals surface area contributed by atoms with Gasteiger partial charge in [-0.15, -0.1) is 0 Å². The van der Waals surface area contributed by atoms with E-state index in [-0.39, 0.29) is 35.6 Å². The molecule has 1 heterocycles. The van der Waals surface area contributed by atoms with Crippen molar-refractivity contribution >= 4 is 35.6 Å². The van der Waals surface area contributed by atoms with Crippen LogP contribution in [0.1, 0.15) is 59.3 Å². The molecule has 0 radical (unpaired) electrons. The molecule has 1 aromatic rings. The van der Waals surface area contributed by atoms with Gasteiger partial charge in [-0.05, 0) is 19.3 Å². The van der Waals surface area contributed by atoms with E-state index in [0.717, 1.165) is 0 Å². The zero-order valence-corrected chi connectivity index (χ0v) is 14.3. The number of carbonyl (C=O) groups is 3. The van der Waals surface area contributed by atoms with Crippen molar-refractivity contribution in [3.05, 3.63) is 0 Å². The van der Waals surface area contributed by atoms with Crippen molar-refractivity contribution < 1.29 is 14.4 Å². The molecule has 0 spiro atoms.